The lowest BCUT2D eigenvalue weighted by atomic mass is 9.84. The normalized spacial score (nSPS) is 20.6. The van der Waals surface area contributed by atoms with Gasteiger partial charge in [-0.05, 0) is 73.7 Å². The van der Waals surface area contributed by atoms with Gasteiger partial charge in [0.2, 0.25) is 0 Å². The van der Waals surface area contributed by atoms with Crippen LogP contribution in [-0.4, -0.2) is 54.7 Å². The van der Waals surface area contributed by atoms with Crippen LogP contribution in [0.3, 0.4) is 0 Å². The van der Waals surface area contributed by atoms with Gasteiger partial charge in [-0.2, -0.15) is 0 Å². The average molecular weight is 719 g/mol. The fourth-order valence-corrected chi connectivity index (χ4v) is 7.66. The van der Waals surface area contributed by atoms with Crippen LogP contribution in [0.2, 0.25) is 0 Å². The third-order valence-electron chi connectivity index (χ3n) is 11.2. The molecule has 5 unspecified atom stereocenters. The van der Waals surface area contributed by atoms with Crippen molar-refractivity contribution in [1.82, 2.24) is 26.2 Å². The van der Waals surface area contributed by atoms with Crippen LogP contribution in [0.15, 0.2) is 73.8 Å². The number of carbonyl (C=O) groups is 1. The van der Waals surface area contributed by atoms with Gasteiger partial charge in [0.1, 0.15) is 0 Å². The van der Waals surface area contributed by atoms with Crippen LogP contribution in [0.4, 0.5) is 4.79 Å². The van der Waals surface area contributed by atoms with Gasteiger partial charge < -0.3 is 31.9 Å². The van der Waals surface area contributed by atoms with E-state index in [1.54, 1.807) is 6.08 Å². The van der Waals surface area contributed by atoms with E-state index in [0.29, 0.717) is 24.8 Å². The Hall–Kier alpha value is -3.37. The standard InChI is InChI=1S/C42H71N5O.C3H7N/c1-16-19-21-22-23-29(6)38(46-40(48)45-36(41(11,12)13)26-25-30(7)43-18-3)33(10)47-27-34-37(42(34,14)15)39(47)32(9)44-35(24-20-17-2)31(8)28(4)5;1-2-3-4/h2,29,34-39,43-44H,4,7-10,16,18-27H2,1,3,5-6,11-15H3,(H2,45,46,48);2H,1,3-4H2/t29?,34-,35?,36?,37-,38?,39?;/m0./s1. The van der Waals surface area contributed by atoms with E-state index in [2.05, 4.69) is 120 Å². The first-order valence-electron chi connectivity index (χ1n) is 19.8. The minimum absolute atomic E-state index is 0.0139. The molecule has 2 amide bonds. The van der Waals surface area contributed by atoms with Crippen molar-refractivity contribution in [2.24, 2.45) is 34.3 Å². The summed E-state index contributed by atoms with van der Waals surface area (Å²) >= 11 is 0. The molecule has 1 saturated carbocycles. The van der Waals surface area contributed by atoms with Gasteiger partial charge in [0.05, 0.1) is 18.1 Å². The number of likely N-dealkylation sites (tertiary alicyclic amines) is 1. The number of terminal acetylenes is 1. The van der Waals surface area contributed by atoms with Gasteiger partial charge in [0, 0.05) is 49.2 Å². The SMILES string of the molecule is C#CCCC(NC(=C)C1[C@@H]2[C@H](CN1C(=C)C(NC(=O)NC(CCC(=C)NCC)C(C)(C)C)C(C)CCCCCC)C2(C)C)C(=C)C(=C)C.C=CCN. The summed E-state index contributed by atoms with van der Waals surface area (Å²) in [6.07, 6.45) is 16.1. The predicted octanol–water partition coefficient (Wildman–Crippen LogP) is 9.20. The quantitative estimate of drug-likeness (QED) is 0.0315. The molecule has 7 heteroatoms. The van der Waals surface area contributed by atoms with Gasteiger partial charge in [0.25, 0.3) is 0 Å². The van der Waals surface area contributed by atoms with E-state index in [4.69, 9.17) is 18.7 Å². The second-order valence-corrected chi connectivity index (χ2v) is 16.9. The summed E-state index contributed by atoms with van der Waals surface area (Å²) in [6, 6.07) is -0.330. The second-order valence-electron chi connectivity index (χ2n) is 16.9. The van der Waals surface area contributed by atoms with E-state index in [0.717, 1.165) is 73.4 Å². The fraction of sp³-hybridized carbons (Fsp3) is 0.667. The first-order valence-corrected chi connectivity index (χ1v) is 19.8. The number of piperidine rings is 1. The first-order chi connectivity index (χ1) is 24.3. The maximum absolute atomic E-state index is 13.9. The van der Waals surface area contributed by atoms with Crippen molar-refractivity contribution in [2.45, 2.75) is 144 Å². The number of carbonyl (C=O) groups excluding carboxylic acids is 1. The van der Waals surface area contributed by atoms with Crippen molar-refractivity contribution in [2.75, 3.05) is 19.6 Å². The Morgan fingerprint density at radius 3 is 2.19 bits per heavy atom. The van der Waals surface area contributed by atoms with Crippen molar-refractivity contribution < 1.29 is 4.79 Å². The maximum atomic E-state index is 13.9. The molecule has 294 valence electrons. The molecule has 1 heterocycles. The number of urea groups is 1. The minimum atomic E-state index is -0.206. The summed E-state index contributed by atoms with van der Waals surface area (Å²) in [7, 11) is 0. The summed E-state index contributed by atoms with van der Waals surface area (Å²) in [5.74, 6) is 3.99. The highest BCUT2D eigenvalue weighted by Gasteiger charge is 2.67. The first kappa shape index (κ1) is 46.7. The molecule has 7 atom stereocenters. The number of hydrogen-bond donors (Lipinski definition) is 5. The number of nitrogens with one attached hydrogen (secondary N) is 4. The lowest BCUT2D eigenvalue weighted by Gasteiger charge is -2.41. The Bertz CT molecular complexity index is 1270. The largest absolute Gasteiger partial charge is 0.389 e. The van der Waals surface area contributed by atoms with E-state index in [-0.39, 0.29) is 46.9 Å². The van der Waals surface area contributed by atoms with Crippen molar-refractivity contribution in [3.05, 3.63) is 73.8 Å². The molecule has 1 saturated heterocycles. The topological polar surface area (TPSA) is 94.4 Å². The summed E-state index contributed by atoms with van der Waals surface area (Å²) in [4.78, 5) is 16.3. The van der Waals surface area contributed by atoms with Gasteiger partial charge in [-0.3, -0.25) is 0 Å². The molecule has 0 spiro atoms. The van der Waals surface area contributed by atoms with E-state index >= 15 is 0 Å². The molecule has 2 aliphatic rings. The molecule has 2 fully saturated rings. The summed E-state index contributed by atoms with van der Waals surface area (Å²) in [6.45, 7) is 47.5. The Morgan fingerprint density at radius 1 is 1.04 bits per heavy atom. The molecule has 1 aliphatic carbocycles. The molecule has 7 nitrogen and oxygen atoms in total. The van der Waals surface area contributed by atoms with Gasteiger partial charge in [-0.1, -0.05) is 119 Å². The number of hydrogen-bond acceptors (Lipinski definition) is 5. The van der Waals surface area contributed by atoms with Crippen molar-refractivity contribution >= 4 is 6.03 Å². The molecule has 0 aromatic rings. The summed E-state index contributed by atoms with van der Waals surface area (Å²) in [5.41, 5.74) is 9.86. The summed E-state index contributed by atoms with van der Waals surface area (Å²) < 4.78 is 0. The molecule has 0 radical (unpaired) electrons. The van der Waals surface area contributed by atoms with Gasteiger partial charge in [0.15, 0.2) is 0 Å². The molecular formula is C45H78N6O. The zero-order valence-electron chi connectivity index (χ0n) is 34.9. The number of nitrogens with zero attached hydrogens (tertiary/aromatic N) is 1. The van der Waals surface area contributed by atoms with Gasteiger partial charge in [-0.15, -0.1) is 18.9 Å². The number of unbranched alkanes of at least 4 members (excludes halogenated alkanes) is 3. The number of allylic oxidation sites excluding steroid dienone is 1. The zero-order chi connectivity index (χ0) is 39.8. The minimum Gasteiger partial charge on any atom is -0.389 e. The highest BCUT2D eigenvalue weighted by Crippen LogP contribution is 2.66. The van der Waals surface area contributed by atoms with Crippen LogP contribution < -0.4 is 27.0 Å². The molecule has 0 bridgehead atoms. The molecule has 0 aromatic carbocycles. The van der Waals surface area contributed by atoms with Crippen LogP contribution in [0.1, 0.15) is 120 Å². The van der Waals surface area contributed by atoms with Crippen LogP contribution in [0.25, 0.3) is 0 Å². The Labute approximate surface area is 320 Å². The molecule has 1 aliphatic heterocycles. The zero-order valence-corrected chi connectivity index (χ0v) is 34.9. The second kappa shape index (κ2) is 22.0. The van der Waals surface area contributed by atoms with Crippen LogP contribution >= 0.6 is 0 Å². The predicted molar refractivity (Wildman–Crippen MR) is 226 cm³/mol. The Morgan fingerprint density at radius 2 is 1.67 bits per heavy atom. The third-order valence-corrected chi connectivity index (χ3v) is 11.2. The van der Waals surface area contributed by atoms with Crippen molar-refractivity contribution in [1.29, 1.82) is 0 Å². The van der Waals surface area contributed by atoms with E-state index in [1.165, 1.54) is 19.3 Å². The van der Waals surface area contributed by atoms with Crippen LogP contribution in [0.5, 0.6) is 0 Å². The van der Waals surface area contributed by atoms with Gasteiger partial charge >= 0.3 is 6.03 Å². The molecule has 6 N–H and O–H groups in total. The molecule has 2 rings (SSSR count). The smallest absolute Gasteiger partial charge is 0.315 e. The maximum Gasteiger partial charge on any atom is 0.315 e. The van der Waals surface area contributed by atoms with E-state index in [1.807, 2.05) is 6.92 Å². The lowest BCUT2D eigenvalue weighted by Crippen LogP contribution is -2.55. The summed E-state index contributed by atoms with van der Waals surface area (Å²) in [5, 5.41) is 13.8. The molecule has 0 aromatic heterocycles. The monoisotopic (exact) mass is 719 g/mol. The Kier molecular flexibility index (Phi) is 19.7. The number of amides is 2. The van der Waals surface area contributed by atoms with Crippen molar-refractivity contribution in [3.8, 4) is 12.3 Å². The van der Waals surface area contributed by atoms with Crippen LogP contribution in [0, 0.1) is 40.9 Å². The highest BCUT2D eigenvalue weighted by atomic mass is 16.2. The van der Waals surface area contributed by atoms with Crippen molar-refractivity contribution in [3.63, 3.8) is 0 Å². The number of nitrogens with two attached hydrogens (primary N) is 1. The molecule has 52 heavy (non-hydrogen) atoms. The third kappa shape index (κ3) is 13.9. The van der Waals surface area contributed by atoms with Gasteiger partial charge in [-0.25, -0.2) is 4.79 Å². The van der Waals surface area contributed by atoms with E-state index in [9.17, 15) is 4.79 Å². The number of rotatable bonds is 23. The average Bonchev–Trinajstić information content (AvgIpc) is 3.38. The van der Waals surface area contributed by atoms with E-state index < -0.39 is 0 Å². The fourth-order valence-electron chi connectivity index (χ4n) is 7.66. The lowest BCUT2D eigenvalue weighted by molar-refractivity contribution is 0.193. The highest BCUT2D eigenvalue weighted by molar-refractivity contribution is 5.75. The number of fused-ring (bicyclic) bond motifs is 1. The Balaban J connectivity index is 0.00000320. The molecular weight excluding hydrogens is 641 g/mol. The van der Waals surface area contributed by atoms with Crippen LogP contribution in [-0.2, 0) is 0 Å².